The molecule has 0 unspecified atom stereocenters. The summed E-state index contributed by atoms with van der Waals surface area (Å²) in [6.45, 7) is 0. The summed E-state index contributed by atoms with van der Waals surface area (Å²) >= 11 is 5.77. The smallest absolute Gasteiger partial charge is 0.280 e. The molecule has 1 amide bonds. The van der Waals surface area contributed by atoms with Gasteiger partial charge in [0.1, 0.15) is 5.69 Å². The number of carbonyl (C=O) groups is 1. The maximum atomic E-state index is 13.0. The summed E-state index contributed by atoms with van der Waals surface area (Å²) in [5.74, 6) is -0.905. The summed E-state index contributed by atoms with van der Waals surface area (Å²) in [5, 5.41) is 4.54. The van der Waals surface area contributed by atoms with E-state index in [0.29, 0.717) is 5.02 Å². The van der Waals surface area contributed by atoms with Gasteiger partial charge in [0.05, 0.1) is 11.3 Å². The quantitative estimate of drug-likeness (QED) is 0.943. The lowest BCUT2D eigenvalue weighted by molar-refractivity contribution is 0.0981. The molecule has 0 aliphatic heterocycles. The first-order chi connectivity index (χ1) is 9.40. The second kappa shape index (κ2) is 5.58. The van der Waals surface area contributed by atoms with Gasteiger partial charge >= 0.3 is 0 Å². The number of amides is 1. The van der Waals surface area contributed by atoms with Crippen molar-refractivity contribution in [3.63, 3.8) is 0 Å². The number of benzene rings is 1. The Morgan fingerprint density at radius 3 is 2.50 bits per heavy atom. The Hall–Kier alpha value is -1.95. The van der Waals surface area contributed by atoms with Crippen LogP contribution in [-0.2, 0) is 13.5 Å². The van der Waals surface area contributed by atoms with Gasteiger partial charge in [0.15, 0.2) is 0 Å². The van der Waals surface area contributed by atoms with Gasteiger partial charge in [-0.25, -0.2) is 8.78 Å². The highest BCUT2D eigenvalue weighted by Gasteiger charge is 2.26. The maximum absolute atomic E-state index is 13.0. The van der Waals surface area contributed by atoms with Gasteiger partial charge < -0.3 is 5.73 Å². The van der Waals surface area contributed by atoms with Crippen molar-refractivity contribution in [1.29, 1.82) is 0 Å². The summed E-state index contributed by atoms with van der Waals surface area (Å²) in [6, 6.07) is 6.84. The van der Waals surface area contributed by atoms with E-state index in [9.17, 15) is 13.6 Å². The lowest BCUT2D eigenvalue weighted by Gasteiger charge is -2.03. The zero-order valence-electron chi connectivity index (χ0n) is 10.6. The molecule has 0 spiro atoms. The Labute approximate surface area is 119 Å². The number of hydrogen-bond acceptors (Lipinski definition) is 2. The minimum Gasteiger partial charge on any atom is -0.365 e. The normalized spacial score (nSPS) is 11.1. The molecule has 0 fully saturated rings. The van der Waals surface area contributed by atoms with Crippen molar-refractivity contribution in [2.24, 2.45) is 12.8 Å². The predicted molar refractivity (Wildman–Crippen MR) is 70.9 cm³/mol. The van der Waals surface area contributed by atoms with Crippen molar-refractivity contribution in [2.45, 2.75) is 12.8 Å². The van der Waals surface area contributed by atoms with Crippen molar-refractivity contribution >= 4 is 17.5 Å². The molecule has 7 heteroatoms. The highest BCUT2D eigenvalue weighted by Crippen LogP contribution is 2.26. The Bertz CT molecular complexity index is 638. The molecule has 0 saturated carbocycles. The topological polar surface area (TPSA) is 60.9 Å². The van der Waals surface area contributed by atoms with Crippen LogP contribution in [0.4, 0.5) is 8.78 Å². The van der Waals surface area contributed by atoms with Crippen LogP contribution < -0.4 is 5.73 Å². The fourth-order valence-corrected chi connectivity index (χ4v) is 2.16. The highest BCUT2D eigenvalue weighted by molar-refractivity contribution is 6.30. The molecule has 20 heavy (non-hydrogen) atoms. The first-order valence-electron chi connectivity index (χ1n) is 5.78. The number of carbonyl (C=O) groups excluding carboxylic acids is 1. The number of rotatable bonds is 4. The fourth-order valence-electron chi connectivity index (χ4n) is 2.03. The van der Waals surface area contributed by atoms with Crippen LogP contribution in [0.15, 0.2) is 24.3 Å². The molecule has 106 valence electrons. The van der Waals surface area contributed by atoms with Crippen molar-refractivity contribution < 1.29 is 13.6 Å². The Balaban J connectivity index is 2.44. The molecular weight excluding hydrogens is 288 g/mol. The molecule has 0 atom stereocenters. The van der Waals surface area contributed by atoms with E-state index in [1.54, 1.807) is 24.3 Å². The standard InChI is InChI=1S/C13H12ClF2N3O/c1-19-11(12(15)16)10(13(17)20)9(18-19)6-7-2-4-8(14)5-3-7/h2-5,12H,6H2,1H3,(H2,17,20). The van der Waals surface area contributed by atoms with Crippen molar-refractivity contribution in [2.75, 3.05) is 0 Å². The number of aryl methyl sites for hydroxylation is 1. The Morgan fingerprint density at radius 1 is 1.40 bits per heavy atom. The summed E-state index contributed by atoms with van der Waals surface area (Å²) in [6.07, 6.45) is -2.58. The van der Waals surface area contributed by atoms with Crippen LogP contribution in [0.25, 0.3) is 0 Å². The second-order valence-electron chi connectivity index (χ2n) is 4.30. The van der Waals surface area contributed by atoms with Gasteiger partial charge in [0.25, 0.3) is 12.3 Å². The predicted octanol–water partition coefficient (Wildman–Crippen LogP) is 2.70. The van der Waals surface area contributed by atoms with Gasteiger partial charge in [-0.15, -0.1) is 0 Å². The van der Waals surface area contributed by atoms with Crippen LogP contribution in [0.5, 0.6) is 0 Å². The molecule has 4 nitrogen and oxygen atoms in total. The summed E-state index contributed by atoms with van der Waals surface area (Å²) in [4.78, 5) is 11.4. The Kier molecular flexibility index (Phi) is 4.04. The number of nitrogens with two attached hydrogens (primary N) is 1. The van der Waals surface area contributed by atoms with E-state index < -0.39 is 18.0 Å². The van der Waals surface area contributed by atoms with E-state index in [2.05, 4.69) is 5.10 Å². The van der Waals surface area contributed by atoms with E-state index in [0.717, 1.165) is 10.2 Å². The first kappa shape index (κ1) is 14.5. The SMILES string of the molecule is Cn1nc(Cc2ccc(Cl)cc2)c(C(N)=O)c1C(F)F. The molecular formula is C13H12ClF2N3O. The van der Waals surface area contributed by atoms with Gasteiger partial charge in [0.2, 0.25) is 0 Å². The summed E-state index contributed by atoms with van der Waals surface area (Å²) in [7, 11) is 1.36. The van der Waals surface area contributed by atoms with Crippen LogP contribution in [0.2, 0.25) is 5.02 Å². The molecule has 1 heterocycles. The average Bonchev–Trinajstić information content (AvgIpc) is 2.69. The average molecular weight is 300 g/mol. The molecule has 1 aromatic carbocycles. The van der Waals surface area contributed by atoms with Crippen LogP contribution in [-0.4, -0.2) is 15.7 Å². The molecule has 2 aromatic rings. The zero-order valence-corrected chi connectivity index (χ0v) is 11.4. The van der Waals surface area contributed by atoms with Gasteiger partial charge in [-0.2, -0.15) is 5.10 Å². The molecule has 0 radical (unpaired) electrons. The van der Waals surface area contributed by atoms with Gasteiger partial charge in [-0.3, -0.25) is 9.48 Å². The number of aromatic nitrogens is 2. The van der Waals surface area contributed by atoms with E-state index in [1.807, 2.05) is 0 Å². The molecule has 0 saturated heterocycles. The molecule has 1 aromatic heterocycles. The third-order valence-corrected chi connectivity index (χ3v) is 3.15. The van der Waals surface area contributed by atoms with Crippen LogP contribution in [0.3, 0.4) is 0 Å². The highest BCUT2D eigenvalue weighted by atomic mass is 35.5. The monoisotopic (exact) mass is 299 g/mol. The minimum atomic E-state index is -2.81. The van der Waals surface area contributed by atoms with Gasteiger partial charge in [-0.1, -0.05) is 23.7 Å². The summed E-state index contributed by atoms with van der Waals surface area (Å²) < 4.78 is 26.9. The lowest BCUT2D eigenvalue weighted by Crippen LogP contribution is -2.16. The molecule has 2 rings (SSSR count). The van der Waals surface area contributed by atoms with Crippen LogP contribution in [0.1, 0.15) is 33.7 Å². The van der Waals surface area contributed by atoms with E-state index in [1.165, 1.54) is 7.05 Å². The largest absolute Gasteiger partial charge is 0.365 e. The number of alkyl halides is 2. The third-order valence-electron chi connectivity index (χ3n) is 2.90. The van der Waals surface area contributed by atoms with Gasteiger partial charge in [0, 0.05) is 18.5 Å². The number of halogens is 3. The maximum Gasteiger partial charge on any atom is 0.280 e. The van der Waals surface area contributed by atoms with Crippen LogP contribution in [0, 0.1) is 0 Å². The number of hydrogen-bond donors (Lipinski definition) is 1. The van der Waals surface area contributed by atoms with E-state index >= 15 is 0 Å². The summed E-state index contributed by atoms with van der Waals surface area (Å²) in [5.41, 5.74) is 5.57. The van der Waals surface area contributed by atoms with E-state index in [4.69, 9.17) is 17.3 Å². The second-order valence-corrected chi connectivity index (χ2v) is 4.74. The lowest BCUT2D eigenvalue weighted by atomic mass is 10.0. The molecule has 0 aliphatic carbocycles. The fraction of sp³-hybridized carbons (Fsp3) is 0.231. The number of primary amides is 1. The zero-order chi connectivity index (χ0) is 14.9. The Morgan fingerprint density at radius 2 is 2.00 bits per heavy atom. The molecule has 0 bridgehead atoms. The molecule has 2 N–H and O–H groups in total. The third kappa shape index (κ3) is 2.80. The van der Waals surface area contributed by atoms with Crippen molar-refractivity contribution in [1.82, 2.24) is 9.78 Å². The van der Waals surface area contributed by atoms with Crippen molar-refractivity contribution in [3.05, 3.63) is 51.8 Å². The molecule has 0 aliphatic rings. The number of nitrogens with zero attached hydrogens (tertiary/aromatic N) is 2. The van der Waals surface area contributed by atoms with Crippen LogP contribution >= 0.6 is 11.6 Å². The minimum absolute atomic E-state index is 0.211. The van der Waals surface area contributed by atoms with Crippen molar-refractivity contribution in [3.8, 4) is 0 Å². The van der Waals surface area contributed by atoms with E-state index in [-0.39, 0.29) is 17.7 Å². The first-order valence-corrected chi connectivity index (χ1v) is 6.16. The van der Waals surface area contributed by atoms with Gasteiger partial charge in [-0.05, 0) is 17.7 Å².